The standard InChI is InChI=1S/C17H32N4O7/c1-7(2)11(18)14(24)21-13(9(5)23)16(26)20-12(8(3)4)15(25)19-10(6-22)17(27)28/h7-13,22-23H,6,18H2,1-5H3,(H,19,25)(H,20,26)(H,21,24)(H,27,28)/t9-,10+,11+,12+,13+/m1/s1. The van der Waals surface area contributed by atoms with E-state index in [0.717, 1.165) is 0 Å². The Kier molecular flexibility index (Phi) is 10.6. The number of carboxylic acids is 1. The lowest BCUT2D eigenvalue weighted by Crippen LogP contribution is -2.61. The predicted molar refractivity (Wildman–Crippen MR) is 99.8 cm³/mol. The topological polar surface area (TPSA) is 191 Å². The maximum absolute atomic E-state index is 12.5. The Morgan fingerprint density at radius 3 is 1.64 bits per heavy atom. The minimum atomic E-state index is -1.53. The lowest BCUT2D eigenvalue weighted by atomic mass is 10.0. The Balaban J connectivity index is 5.29. The van der Waals surface area contributed by atoms with Crippen molar-refractivity contribution in [1.29, 1.82) is 0 Å². The lowest BCUT2D eigenvalue weighted by Gasteiger charge is -2.28. The number of carbonyl (C=O) groups is 4. The van der Waals surface area contributed by atoms with Crippen LogP contribution in [0.25, 0.3) is 0 Å². The summed E-state index contributed by atoms with van der Waals surface area (Å²) in [5, 5.41) is 34.7. The van der Waals surface area contributed by atoms with Crippen LogP contribution in [0.2, 0.25) is 0 Å². The molecule has 8 N–H and O–H groups in total. The van der Waals surface area contributed by atoms with Crippen LogP contribution in [-0.2, 0) is 19.2 Å². The van der Waals surface area contributed by atoms with Gasteiger partial charge < -0.3 is 37.0 Å². The molecule has 0 aliphatic heterocycles. The first-order valence-corrected chi connectivity index (χ1v) is 9.01. The number of aliphatic carboxylic acids is 1. The number of carboxylic acid groups (broad SMARTS) is 1. The maximum atomic E-state index is 12.5. The second kappa shape index (κ2) is 11.6. The molecular weight excluding hydrogens is 372 g/mol. The molecule has 3 amide bonds. The van der Waals surface area contributed by atoms with Gasteiger partial charge in [0, 0.05) is 0 Å². The summed E-state index contributed by atoms with van der Waals surface area (Å²) in [4.78, 5) is 48.0. The predicted octanol–water partition coefficient (Wildman–Crippen LogP) is -2.46. The van der Waals surface area contributed by atoms with Crippen molar-refractivity contribution in [2.45, 2.75) is 64.9 Å². The molecule has 162 valence electrons. The molecule has 28 heavy (non-hydrogen) atoms. The van der Waals surface area contributed by atoms with E-state index in [0.29, 0.717) is 0 Å². The molecule has 0 aromatic heterocycles. The van der Waals surface area contributed by atoms with Gasteiger partial charge in [0.15, 0.2) is 0 Å². The van der Waals surface area contributed by atoms with Crippen LogP contribution in [0.4, 0.5) is 0 Å². The smallest absolute Gasteiger partial charge is 0.328 e. The zero-order valence-corrected chi connectivity index (χ0v) is 16.8. The third-order valence-electron chi connectivity index (χ3n) is 4.13. The largest absolute Gasteiger partial charge is 0.480 e. The monoisotopic (exact) mass is 404 g/mol. The van der Waals surface area contributed by atoms with Crippen LogP contribution in [0.3, 0.4) is 0 Å². The molecular formula is C17H32N4O7. The highest BCUT2D eigenvalue weighted by atomic mass is 16.4. The molecule has 5 atom stereocenters. The van der Waals surface area contributed by atoms with Crippen molar-refractivity contribution in [3.8, 4) is 0 Å². The number of hydrogen-bond donors (Lipinski definition) is 7. The minimum absolute atomic E-state index is 0.196. The molecule has 11 nitrogen and oxygen atoms in total. The fourth-order valence-electron chi connectivity index (χ4n) is 2.18. The number of rotatable bonds is 11. The molecule has 0 aromatic rings. The molecule has 0 saturated heterocycles. The van der Waals surface area contributed by atoms with E-state index in [2.05, 4.69) is 16.0 Å². The molecule has 0 saturated carbocycles. The number of aliphatic hydroxyl groups excluding tert-OH is 2. The van der Waals surface area contributed by atoms with Gasteiger partial charge in [-0.3, -0.25) is 14.4 Å². The van der Waals surface area contributed by atoms with E-state index in [1.54, 1.807) is 27.7 Å². The van der Waals surface area contributed by atoms with Crippen LogP contribution in [0.1, 0.15) is 34.6 Å². The fourth-order valence-corrected chi connectivity index (χ4v) is 2.18. The van der Waals surface area contributed by atoms with Crippen LogP contribution in [0.15, 0.2) is 0 Å². The normalized spacial score (nSPS) is 16.6. The van der Waals surface area contributed by atoms with Gasteiger partial charge in [-0.05, 0) is 18.8 Å². The second-order valence-corrected chi connectivity index (χ2v) is 7.31. The Morgan fingerprint density at radius 2 is 1.29 bits per heavy atom. The quantitative estimate of drug-likeness (QED) is 0.197. The first-order chi connectivity index (χ1) is 12.8. The van der Waals surface area contributed by atoms with Crippen LogP contribution < -0.4 is 21.7 Å². The van der Waals surface area contributed by atoms with Crippen LogP contribution in [0.5, 0.6) is 0 Å². The molecule has 0 aromatic carbocycles. The van der Waals surface area contributed by atoms with Gasteiger partial charge in [-0.2, -0.15) is 0 Å². The number of aliphatic hydroxyl groups is 2. The first-order valence-electron chi connectivity index (χ1n) is 9.01. The molecule has 0 bridgehead atoms. The number of amides is 3. The average Bonchev–Trinajstić information content (AvgIpc) is 2.59. The van der Waals surface area contributed by atoms with Crippen molar-refractivity contribution >= 4 is 23.7 Å². The summed E-state index contributed by atoms with van der Waals surface area (Å²) in [7, 11) is 0. The summed E-state index contributed by atoms with van der Waals surface area (Å²) in [6.45, 7) is 7.15. The molecule has 11 heteroatoms. The number of hydrogen-bond acceptors (Lipinski definition) is 7. The lowest BCUT2D eigenvalue weighted by molar-refractivity contribution is -0.143. The van der Waals surface area contributed by atoms with Gasteiger partial charge >= 0.3 is 5.97 Å². The van der Waals surface area contributed by atoms with E-state index >= 15 is 0 Å². The van der Waals surface area contributed by atoms with Crippen molar-refractivity contribution in [3.63, 3.8) is 0 Å². The van der Waals surface area contributed by atoms with E-state index in [9.17, 15) is 24.3 Å². The van der Waals surface area contributed by atoms with Gasteiger partial charge in [0.25, 0.3) is 0 Å². The van der Waals surface area contributed by atoms with E-state index in [4.69, 9.17) is 15.9 Å². The Labute approximate surface area is 164 Å². The van der Waals surface area contributed by atoms with Crippen molar-refractivity contribution in [2.75, 3.05) is 6.61 Å². The third kappa shape index (κ3) is 7.79. The fraction of sp³-hybridized carbons (Fsp3) is 0.765. The number of carbonyl (C=O) groups excluding carboxylic acids is 3. The van der Waals surface area contributed by atoms with Crippen molar-refractivity contribution in [1.82, 2.24) is 16.0 Å². The third-order valence-corrected chi connectivity index (χ3v) is 4.13. The molecule has 0 heterocycles. The molecule has 0 rings (SSSR count). The SMILES string of the molecule is CC(C)[C@H](N)C(=O)N[C@H](C(=O)N[C@H](C(=O)N[C@@H](CO)C(=O)O)C(C)C)[C@@H](C)O. The maximum Gasteiger partial charge on any atom is 0.328 e. The van der Waals surface area contributed by atoms with Gasteiger partial charge in [0.1, 0.15) is 18.1 Å². The summed E-state index contributed by atoms with van der Waals surface area (Å²) in [6.07, 6.45) is -1.27. The molecule has 0 spiro atoms. The highest BCUT2D eigenvalue weighted by Gasteiger charge is 2.33. The van der Waals surface area contributed by atoms with E-state index in [1.807, 2.05) is 0 Å². The van der Waals surface area contributed by atoms with Crippen molar-refractivity contribution in [2.24, 2.45) is 17.6 Å². The molecule has 0 aliphatic carbocycles. The summed E-state index contributed by atoms with van der Waals surface area (Å²) in [5.41, 5.74) is 5.74. The van der Waals surface area contributed by atoms with Gasteiger partial charge in [-0.15, -0.1) is 0 Å². The molecule has 0 aliphatic rings. The first kappa shape index (κ1) is 25.8. The zero-order valence-electron chi connectivity index (χ0n) is 16.8. The summed E-state index contributed by atoms with van der Waals surface area (Å²) in [6, 6.07) is -4.93. The van der Waals surface area contributed by atoms with Gasteiger partial charge in [0.05, 0.1) is 18.8 Å². The van der Waals surface area contributed by atoms with Crippen LogP contribution in [0, 0.1) is 11.8 Å². The van der Waals surface area contributed by atoms with E-state index in [1.165, 1.54) is 6.92 Å². The summed E-state index contributed by atoms with van der Waals surface area (Å²) < 4.78 is 0. The van der Waals surface area contributed by atoms with Crippen molar-refractivity contribution < 1.29 is 34.5 Å². The average molecular weight is 404 g/mol. The minimum Gasteiger partial charge on any atom is -0.480 e. The van der Waals surface area contributed by atoms with E-state index < -0.39 is 66.5 Å². The molecule has 0 unspecified atom stereocenters. The molecule has 0 radical (unpaired) electrons. The highest BCUT2D eigenvalue weighted by molar-refractivity contribution is 5.94. The Morgan fingerprint density at radius 1 is 0.821 bits per heavy atom. The number of nitrogens with one attached hydrogen (secondary N) is 3. The van der Waals surface area contributed by atoms with Crippen LogP contribution >= 0.6 is 0 Å². The highest BCUT2D eigenvalue weighted by Crippen LogP contribution is 2.06. The van der Waals surface area contributed by atoms with Crippen LogP contribution in [-0.4, -0.2) is 75.9 Å². The van der Waals surface area contributed by atoms with Gasteiger partial charge in [-0.25, -0.2) is 4.79 Å². The zero-order chi connectivity index (χ0) is 22.2. The number of nitrogens with two attached hydrogens (primary N) is 1. The van der Waals surface area contributed by atoms with Gasteiger partial charge in [0.2, 0.25) is 17.7 Å². The Hall–Kier alpha value is -2.24. The van der Waals surface area contributed by atoms with E-state index in [-0.39, 0.29) is 5.92 Å². The Bertz CT molecular complexity index is 566. The summed E-state index contributed by atoms with van der Waals surface area (Å²) in [5.74, 6) is -4.35. The van der Waals surface area contributed by atoms with Crippen molar-refractivity contribution in [3.05, 3.63) is 0 Å². The molecule has 0 fully saturated rings. The second-order valence-electron chi connectivity index (χ2n) is 7.31. The van der Waals surface area contributed by atoms with Gasteiger partial charge in [-0.1, -0.05) is 27.7 Å². The summed E-state index contributed by atoms with van der Waals surface area (Å²) >= 11 is 0.